The number of carbonyl (C=O) groups excluding carboxylic acids is 1. The Hall–Kier alpha value is -3.22. The lowest BCUT2D eigenvalue weighted by atomic mass is 10.2. The highest BCUT2D eigenvalue weighted by Crippen LogP contribution is 2.14. The van der Waals surface area contributed by atoms with E-state index >= 15 is 0 Å². The third kappa shape index (κ3) is 4.94. The number of hydrogen-bond donors (Lipinski definition) is 1. The first-order valence-electron chi connectivity index (χ1n) is 9.26. The minimum Gasteiger partial charge on any atom is -0.494 e. The van der Waals surface area contributed by atoms with Crippen LogP contribution in [0.3, 0.4) is 0 Å². The number of hydrogen-bond acceptors (Lipinski definition) is 4. The van der Waals surface area contributed by atoms with Gasteiger partial charge in [-0.2, -0.15) is 0 Å². The standard InChI is InChI=1S/C21H23FN4O2/c1-3-4-12-28-19-7-5-6-16(13-19)14-23-21(27)20-24-15(2)26(25-20)18-10-8-17(22)9-11-18/h5-11,13H,3-4,12,14H2,1-2H3,(H,23,27). The third-order valence-electron chi connectivity index (χ3n) is 4.16. The van der Waals surface area contributed by atoms with Gasteiger partial charge in [0.2, 0.25) is 5.82 Å². The van der Waals surface area contributed by atoms with Crippen molar-refractivity contribution in [3.8, 4) is 11.4 Å². The topological polar surface area (TPSA) is 69.0 Å². The van der Waals surface area contributed by atoms with Gasteiger partial charge in [-0.15, -0.1) is 5.10 Å². The summed E-state index contributed by atoms with van der Waals surface area (Å²) in [6, 6.07) is 13.5. The summed E-state index contributed by atoms with van der Waals surface area (Å²) in [6.45, 7) is 4.87. The molecule has 0 unspecified atom stereocenters. The van der Waals surface area contributed by atoms with Crippen LogP contribution in [-0.2, 0) is 6.54 Å². The van der Waals surface area contributed by atoms with Crippen LogP contribution < -0.4 is 10.1 Å². The Bertz CT molecular complexity index is 938. The van der Waals surface area contributed by atoms with Gasteiger partial charge in [0, 0.05) is 6.54 Å². The average molecular weight is 382 g/mol. The van der Waals surface area contributed by atoms with E-state index in [1.165, 1.54) is 16.8 Å². The monoisotopic (exact) mass is 382 g/mol. The van der Waals surface area contributed by atoms with Gasteiger partial charge in [0.05, 0.1) is 12.3 Å². The highest BCUT2D eigenvalue weighted by molar-refractivity contribution is 5.90. The van der Waals surface area contributed by atoms with E-state index in [1.54, 1.807) is 19.1 Å². The zero-order chi connectivity index (χ0) is 19.9. The molecular weight excluding hydrogens is 359 g/mol. The van der Waals surface area contributed by atoms with E-state index in [2.05, 4.69) is 22.3 Å². The van der Waals surface area contributed by atoms with Crippen LogP contribution in [0, 0.1) is 12.7 Å². The molecule has 0 radical (unpaired) electrons. The summed E-state index contributed by atoms with van der Waals surface area (Å²) in [5.41, 5.74) is 1.57. The Balaban J connectivity index is 1.63. The Kier molecular flexibility index (Phi) is 6.37. The number of nitrogens with one attached hydrogen (secondary N) is 1. The van der Waals surface area contributed by atoms with E-state index in [4.69, 9.17) is 4.74 Å². The number of ether oxygens (including phenoxy) is 1. The molecule has 1 aromatic heterocycles. The molecule has 146 valence electrons. The van der Waals surface area contributed by atoms with E-state index in [0.717, 1.165) is 24.2 Å². The van der Waals surface area contributed by atoms with Crippen LogP contribution in [0.1, 0.15) is 41.8 Å². The second kappa shape index (κ2) is 9.12. The summed E-state index contributed by atoms with van der Waals surface area (Å²) in [4.78, 5) is 16.6. The number of nitrogens with zero attached hydrogens (tertiary/aromatic N) is 3. The summed E-state index contributed by atoms with van der Waals surface area (Å²) >= 11 is 0. The normalized spacial score (nSPS) is 10.7. The Morgan fingerprint density at radius 1 is 1.21 bits per heavy atom. The number of unbranched alkanes of at least 4 members (excludes halogenated alkanes) is 1. The molecule has 0 aliphatic carbocycles. The Morgan fingerprint density at radius 3 is 2.75 bits per heavy atom. The van der Waals surface area contributed by atoms with Gasteiger partial charge in [-0.25, -0.2) is 14.1 Å². The lowest BCUT2D eigenvalue weighted by Gasteiger charge is -2.08. The molecule has 0 saturated heterocycles. The van der Waals surface area contributed by atoms with E-state index in [9.17, 15) is 9.18 Å². The molecule has 1 N–H and O–H groups in total. The van der Waals surface area contributed by atoms with E-state index in [1.807, 2.05) is 24.3 Å². The summed E-state index contributed by atoms with van der Waals surface area (Å²) in [5, 5.41) is 7.05. The van der Waals surface area contributed by atoms with Crippen molar-refractivity contribution in [2.45, 2.75) is 33.2 Å². The molecule has 0 fully saturated rings. The Morgan fingerprint density at radius 2 is 2.00 bits per heavy atom. The first-order chi connectivity index (χ1) is 13.6. The molecule has 0 spiro atoms. The molecule has 3 aromatic rings. The van der Waals surface area contributed by atoms with E-state index in [0.29, 0.717) is 24.7 Å². The van der Waals surface area contributed by atoms with Crippen molar-refractivity contribution in [2.75, 3.05) is 6.61 Å². The maximum Gasteiger partial charge on any atom is 0.291 e. The maximum atomic E-state index is 13.1. The molecule has 28 heavy (non-hydrogen) atoms. The molecule has 0 aliphatic heterocycles. The SMILES string of the molecule is CCCCOc1cccc(CNC(=O)c2nc(C)n(-c3ccc(F)cc3)n2)c1. The number of aromatic nitrogens is 3. The fourth-order valence-corrected chi connectivity index (χ4v) is 2.65. The lowest BCUT2D eigenvalue weighted by molar-refractivity contribution is 0.0940. The fourth-order valence-electron chi connectivity index (χ4n) is 2.65. The molecule has 1 heterocycles. The van der Waals surface area contributed by atoms with E-state index < -0.39 is 0 Å². The summed E-state index contributed by atoms with van der Waals surface area (Å²) in [7, 11) is 0. The van der Waals surface area contributed by atoms with Crippen molar-refractivity contribution in [1.29, 1.82) is 0 Å². The molecule has 3 rings (SSSR count). The number of carbonyl (C=O) groups is 1. The first kappa shape index (κ1) is 19.5. The number of amides is 1. The smallest absolute Gasteiger partial charge is 0.291 e. The van der Waals surface area contributed by atoms with Crippen LogP contribution in [0.15, 0.2) is 48.5 Å². The van der Waals surface area contributed by atoms with Crippen LogP contribution in [0.5, 0.6) is 5.75 Å². The minimum absolute atomic E-state index is 0.0668. The van der Waals surface area contributed by atoms with Crippen molar-refractivity contribution in [2.24, 2.45) is 0 Å². The molecule has 0 bridgehead atoms. The van der Waals surface area contributed by atoms with E-state index in [-0.39, 0.29) is 17.5 Å². The van der Waals surface area contributed by atoms with Crippen molar-refractivity contribution >= 4 is 5.91 Å². The maximum absolute atomic E-state index is 13.1. The van der Waals surface area contributed by atoms with Gasteiger partial charge in [-0.3, -0.25) is 4.79 Å². The molecule has 0 aliphatic rings. The summed E-state index contributed by atoms with van der Waals surface area (Å²) < 4.78 is 20.3. The van der Waals surface area contributed by atoms with Crippen LogP contribution >= 0.6 is 0 Å². The average Bonchev–Trinajstić information content (AvgIpc) is 3.09. The van der Waals surface area contributed by atoms with Gasteiger partial charge in [0.15, 0.2) is 0 Å². The van der Waals surface area contributed by atoms with Crippen molar-refractivity contribution < 1.29 is 13.9 Å². The summed E-state index contributed by atoms with van der Waals surface area (Å²) in [6.07, 6.45) is 2.08. The van der Waals surface area contributed by atoms with Crippen LogP contribution in [0.4, 0.5) is 4.39 Å². The molecule has 2 aromatic carbocycles. The molecule has 6 nitrogen and oxygen atoms in total. The number of aryl methyl sites for hydroxylation is 1. The van der Waals surface area contributed by atoms with Gasteiger partial charge in [0.25, 0.3) is 5.91 Å². The second-order valence-corrected chi connectivity index (χ2v) is 6.40. The van der Waals surface area contributed by atoms with Crippen LogP contribution in [0.25, 0.3) is 5.69 Å². The van der Waals surface area contributed by atoms with Crippen molar-refractivity contribution in [3.05, 3.63) is 71.6 Å². The first-order valence-corrected chi connectivity index (χ1v) is 9.26. The van der Waals surface area contributed by atoms with Gasteiger partial charge in [-0.05, 0) is 55.3 Å². The number of halogens is 1. The molecule has 0 saturated carbocycles. The largest absolute Gasteiger partial charge is 0.494 e. The van der Waals surface area contributed by atoms with Gasteiger partial charge in [-0.1, -0.05) is 25.5 Å². The van der Waals surface area contributed by atoms with Crippen molar-refractivity contribution in [1.82, 2.24) is 20.1 Å². The van der Waals surface area contributed by atoms with Gasteiger partial charge in [0.1, 0.15) is 17.4 Å². The predicted molar refractivity (Wildman–Crippen MR) is 104 cm³/mol. The second-order valence-electron chi connectivity index (χ2n) is 6.40. The molecular formula is C21H23FN4O2. The fraction of sp³-hybridized carbons (Fsp3) is 0.286. The molecule has 0 atom stereocenters. The lowest BCUT2D eigenvalue weighted by Crippen LogP contribution is -2.24. The quantitative estimate of drug-likeness (QED) is 0.601. The number of benzene rings is 2. The van der Waals surface area contributed by atoms with Crippen molar-refractivity contribution in [3.63, 3.8) is 0 Å². The van der Waals surface area contributed by atoms with Gasteiger partial charge >= 0.3 is 0 Å². The molecule has 7 heteroatoms. The predicted octanol–water partition coefficient (Wildman–Crippen LogP) is 3.82. The highest BCUT2D eigenvalue weighted by Gasteiger charge is 2.15. The molecule has 1 amide bonds. The number of rotatable bonds is 8. The zero-order valence-electron chi connectivity index (χ0n) is 16.0. The zero-order valence-corrected chi connectivity index (χ0v) is 16.0. The summed E-state index contributed by atoms with van der Waals surface area (Å²) in [5.74, 6) is 0.691. The minimum atomic E-state index is -0.374. The van der Waals surface area contributed by atoms with Crippen LogP contribution in [0.2, 0.25) is 0 Å². The van der Waals surface area contributed by atoms with Crippen LogP contribution in [-0.4, -0.2) is 27.3 Å². The third-order valence-corrected chi connectivity index (χ3v) is 4.16. The van der Waals surface area contributed by atoms with Gasteiger partial charge < -0.3 is 10.1 Å². The highest BCUT2D eigenvalue weighted by atomic mass is 19.1. The Labute approximate surface area is 163 Å².